The molecule has 0 aliphatic rings. The minimum Gasteiger partial charge on any atom is -0.305 e. The number of nitrogens with one attached hydrogen (secondary N) is 3. The molecule has 2 amide bonds. The lowest BCUT2D eigenvalue weighted by atomic mass is 10.2. The Morgan fingerprint density at radius 2 is 1.93 bits per heavy atom. The predicted molar refractivity (Wildman–Crippen MR) is 99.6 cm³/mol. The van der Waals surface area contributed by atoms with E-state index in [4.69, 9.17) is 11.6 Å². The Bertz CT molecular complexity index is 1070. The number of hydrogen-bond acceptors (Lipinski definition) is 6. The number of anilines is 1. The maximum Gasteiger partial charge on any atom is 0.435 e. The number of nitrogens with zero attached hydrogens (tertiary/aromatic N) is 4. The van der Waals surface area contributed by atoms with Gasteiger partial charge in [-0.15, -0.1) is 0 Å². The molecule has 0 radical (unpaired) electrons. The smallest absolute Gasteiger partial charge is 0.305 e. The second-order valence-corrected chi connectivity index (χ2v) is 6.12. The number of amides is 2. The summed E-state index contributed by atoms with van der Waals surface area (Å²) in [5.41, 5.74) is 3.54. The van der Waals surface area contributed by atoms with E-state index in [0.29, 0.717) is 18.0 Å². The first-order valence-corrected chi connectivity index (χ1v) is 8.64. The van der Waals surface area contributed by atoms with Crippen LogP contribution in [0.4, 0.5) is 19.0 Å². The molecule has 3 aromatic rings. The maximum atomic E-state index is 13.2. The highest BCUT2D eigenvalue weighted by molar-refractivity contribution is 6.32. The molecule has 9 nitrogen and oxygen atoms in total. The molecule has 0 fully saturated rings. The molecule has 3 rings (SSSR count). The summed E-state index contributed by atoms with van der Waals surface area (Å²) in [7, 11) is 0. The van der Waals surface area contributed by atoms with Crippen molar-refractivity contribution >= 4 is 29.7 Å². The van der Waals surface area contributed by atoms with E-state index < -0.39 is 23.5 Å². The zero-order chi connectivity index (χ0) is 21.7. The number of pyridine rings is 2. The molecule has 0 saturated heterocycles. The van der Waals surface area contributed by atoms with Crippen molar-refractivity contribution in [3.8, 4) is 5.82 Å². The van der Waals surface area contributed by atoms with Crippen LogP contribution in [0.5, 0.6) is 0 Å². The van der Waals surface area contributed by atoms with Gasteiger partial charge in [-0.3, -0.25) is 15.0 Å². The zero-order valence-electron chi connectivity index (χ0n) is 14.9. The predicted octanol–water partition coefficient (Wildman–Crippen LogP) is 2.34. The highest BCUT2D eigenvalue weighted by Crippen LogP contribution is 2.30. The van der Waals surface area contributed by atoms with E-state index in [2.05, 4.69) is 31.2 Å². The highest BCUT2D eigenvalue weighted by atomic mass is 35.5. The number of carbonyl (C=O) groups is 2. The largest absolute Gasteiger partial charge is 0.435 e. The lowest BCUT2D eigenvalue weighted by molar-refractivity contribution is -0.141. The third-order valence-corrected chi connectivity index (χ3v) is 4.03. The molecular weight excluding hydrogens is 427 g/mol. The summed E-state index contributed by atoms with van der Waals surface area (Å²) in [6, 6.07) is 6.68. The van der Waals surface area contributed by atoms with Gasteiger partial charge in [-0.25, -0.2) is 20.1 Å². The van der Waals surface area contributed by atoms with E-state index in [9.17, 15) is 22.8 Å². The van der Waals surface area contributed by atoms with Crippen LogP contribution in [0.2, 0.25) is 5.02 Å². The summed E-state index contributed by atoms with van der Waals surface area (Å²) in [5, 5.41) is 5.91. The summed E-state index contributed by atoms with van der Waals surface area (Å²) in [4.78, 5) is 31.1. The van der Waals surface area contributed by atoms with Crippen molar-refractivity contribution in [1.29, 1.82) is 0 Å². The lowest BCUT2D eigenvalue weighted by Gasteiger charge is -2.11. The van der Waals surface area contributed by atoms with E-state index >= 15 is 0 Å². The van der Waals surface area contributed by atoms with Gasteiger partial charge < -0.3 is 5.32 Å². The molecule has 0 aromatic carbocycles. The molecule has 0 bridgehead atoms. The van der Waals surface area contributed by atoms with Crippen LogP contribution in [0.1, 0.15) is 21.7 Å². The summed E-state index contributed by atoms with van der Waals surface area (Å²) in [6.45, 7) is 0.0985. The lowest BCUT2D eigenvalue weighted by Crippen LogP contribution is -2.30. The molecule has 30 heavy (non-hydrogen) atoms. The fraction of sp³-hybridized carbons (Fsp3) is 0.118. The monoisotopic (exact) mass is 439 g/mol. The van der Waals surface area contributed by atoms with Gasteiger partial charge in [0.05, 0.1) is 5.02 Å². The van der Waals surface area contributed by atoms with Crippen molar-refractivity contribution in [2.45, 2.75) is 12.7 Å². The first-order chi connectivity index (χ1) is 14.3. The van der Waals surface area contributed by atoms with Crippen LogP contribution in [0.15, 0.2) is 42.7 Å². The van der Waals surface area contributed by atoms with Crippen LogP contribution in [0.3, 0.4) is 0 Å². The van der Waals surface area contributed by atoms with Crippen molar-refractivity contribution in [2.24, 2.45) is 0 Å². The molecule has 0 saturated carbocycles. The van der Waals surface area contributed by atoms with Gasteiger partial charge in [-0.1, -0.05) is 17.7 Å². The summed E-state index contributed by atoms with van der Waals surface area (Å²) < 4.78 is 40.3. The molecule has 3 heterocycles. The third-order valence-electron chi connectivity index (χ3n) is 3.74. The van der Waals surface area contributed by atoms with Gasteiger partial charge in [0.25, 0.3) is 5.91 Å². The zero-order valence-corrected chi connectivity index (χ0v) is 15.7. The average molecular weight is 440 g/mol. The minimum atomic E-state index is -4.79. The molecule has 156 valence electrons. The Labute approximate surface area is 172 Å². The molecule has 0 aliphatic heterocycles. The van der Waals surface area contributed by atoms with Crippen molar-refractivity contribution in [2.75, 3.05) is 5.32 Å². The van der Waals surface area contributed by atoms with Gasteiger partial charge in [0.2, 0.25) is 6.41 Å². The van der Waals surface area contributed by atoms with Crippen LogP contribution in [0, 0.1) is 0 Å². The SMILES string of the molecule is O=CNNCc1cccnc1NC(=O)c1cc(C(F)(F)F)nn1-c1ncccc1Cl. The first kappa shape index (κ1) is 21.2. The molecule has 3 N–H and O–H groups in total. The number of aromatic nitrogens is 4. The van der Waals surface area contributed by atoms with Gasteiger partial charge in [0.1, 0.15) is 11.5 Å². The number of hydrogen-bond donors (Lipinski definition) is 3. The van der Waals surface area contributed by atoms with Gasteiger partial charge in [-0.2, -0.15) is 18.3 Å². The van der Waals surface area contributed by atoms with Crippen LogP contribution in [0.25, 0.3) is 5.82 Å². The standard InChI is InChI=1S/C17H13ClF3N7O2/c18-11-4-2-6-23-15(11)28-12(7-13(27-28)17(19,20)21)16(30)26-14-10(3-1-5-22-14)8-24-25-9-29/h1-7,9,24H,8H2,(H,25,29)(H,22,26,30). The van der Waals surface area contributed by atoms with Crippen molar-refractivity contribution < 1.29 is 22.8 Å². The molecule has 3 aromatic heterocycles. The maximum absolute atomic E-state index is 13.2. The Balaban J connectivity index is 1.98. The number of rotatable bonds is 7. The van der Waals surface area contributed by atoms with E-state index in [-0.39, 0.29) is 23.2 Å². The fourth-order valence-corrected chi connectivity index (χ4v) is 2.63. The molecular formula is C17H13ClF3N7O2. The van der Waals surface area contributed by atoms with Crippen LogP contribution in [-0.2, 0) is 17.5 Å². The number of carbonyl (C=O) groups excluding carboxylic acids is 2. The second-order valence-electron chi connectivity index (χ2n) is 5.71. The van der Waals surface area contributed by atoms with Crippen LogP contribution in [-0.4, -0.2) is 32.1 Å². The average Bonchev–Trinajstić information content (AvgIpc) is 3.16. The van der Waals surface area contributed by atoms with Gasteiger partial charge in [0, 0.05) is 30.6 Å². The number of hydrazine groups is 1. The Hall–Kier alpha value is -3.51. The Kier molecular flexibility index (Phi) is 6.28. The molecule has 0 atom stereocenters. The van der Waals surface area contributed by atoms with Gasteiger partial charge in [0.15, 0.2) is 11.5 Å². The van der Waals surface area contributed by atoms with Crippen molar-refractivity contribution in [3.05, 3.63) is 64.7 Å². The highest BCUT2D eigenvalue weighted by Gasteiger charge is 2.36. The van der Waals surface area contributed by atoms with Gasteiger partial charge >= 0.3 is 6.18 Å². The Morgan fingerprint density at radius 3 is 2.63 bits per heavy atom. The summed E-state index contributed by atoms with van der Waals surface area (Å²) in [5.74, 6) is -0.975. The minimum absolute atomic E-state index is 0.00559. The van der Waals surface area contributed by atoms with E-state index in [1.165, 1.54) is 24.5 Å². The summed E-state index contributed by atoms with van der Waals surface area (Å²) >= 11 is 6.02. The summed E-state index contributed by atoms with van der Waals surface area (Å²) in [6.07, 6.45) is -1.68. The van der Waals surface area contributed by atoms with E-state index in [0.717, 1.165) is 4.68 Å². The number of alkyl halides is 3. The van der Waals surface area contributed by atoms with Crippen molar-refractivity contribution in [3.63, 3.8) is 0 Å². The normalized spacial score (nSPS) is 11.2. The van der Waals surface area contributed by atoms with Crippen LogP contribution >= 0.6 is 11.6 Å². The number of halogens is 4. The molecule has 0 spiro atoms. The van der Waals surface area contributed by atoms with E-state index in [1.807, 2.05) is 0 Å². The molecule has 0 unspecified atom stereocenters. The molecule has 13 heteroatoms. The molecule has 0 aliphatic carbocycles. The third kappa shape index (κ3) is 4.72. The topological polar surface area (TPSA) is 114 Å². The first-order valence-electron chi connectivity index (χ1n) is 8.26. The quantitative estimate of drug-likeness (QED) is 0.296. The van der Waals surface area contributed by atoms with Crippen LogP contribution < -0.4 is 16.2 Å². The van der Waals surface area contributed by atoms with E-state index in [1.54, 1.807) is 12.1 Å². The van der Waals surface area contributed by atoms with Crippen molar-refractivity contribution in [1.82, 2.24) is 30.6 Å². The fourth-order valence-electron chi connectivity index (χ4n) is 2.43. The van der Waals surface area contributed by atoms with Gasteiger partial charge in [-0.05, 0) is 18.2 Å². The second kappa shape index (κ2) is 8.88. The Morgan fingerprint density at radius 1 is 1.20 bits per heavy atom.